The molecule has 0 fully saturated rings. The van der Waals surface area contributed by atoms with E-state index in [4.69, 9.17) is 16.3 Å². The summed E-state index contributed by atoms with van der Waals surface area (Å²) < 4.78 is 33.2. The number of hydrogen-bond acceptors (Lipinski definition) is 3. The standard InChI is InChI=1S/C14H13BrClNO3S/c1-9-4-3-5-11(6-9)17-21(18,19)13-8-10(16)7-12(15)14(13)20-2/h3-8,17H,1-2H3. The SMILES string of the molecule is COc1c(Br)cc(Cl)cc1S(=O)(=O)Nc1cccc(C)c1. The van der Waals surface area contributed by atoms with Crippen LogP contribution in [0.2, 0.25) is 5.02 Å². The largest absolute Gasteiger partial charge is 0.494 e. The van der Waals surface area contributed by atoms with Gasteiger partial charge < -0.3 is 4.74 Å². The molecule has 0 saturated carbocycles. The zero-order valence-corrected chi connectivity index (χ0v) is 14.5. The van der Waals surface area contributed by atoms with Gasteiger partial charge in [0.05, 0.1) is 11.6 Å². The minimum atomic E-state index is -3.81. The predicted molar refractivity (Wildman–Crippen MR) is 87.7 cm³/mol. The van der Waals surface area contributed by atoms with Gasteiger partial charge in [-0.1, -0.05) is 23.7 Å². The van der Waals surface area contributed by atoms with Crippen molar-refractivity contribution in [3.05, 3.63) is 51.5 Å². The van der Waals surface area contributed by atoms with Gasteiger partial charge in [0.2, 0.25) is 0 Å². The number of hydrogen-bond donors (Lipinski definition) is 1. The first-order chi connectivity index (χ1) is 9.83. The van der Waals surface area contributed by atoms with Gasteiger partial charge in [-0.05, 0) is 52.7 Å². The van der Waals surface area contributed by atoms with Crippen LogP contribution >= 0.6 is 27.5 Å². The van der Waals surface area contributed by atoms with Crippen LogP contribution in [0.1, 0.15) is 5.56 Å². The number of halogens is 2. The van der Waals surface area contributed by atoms with Gasteiger partial charge in [-0.15, -0.1) is 0 Å². The smallest absolute Gasteiger partial charge is 0.265 e. The molecule has 0 atom stereocenters. The topological polar surface area (TPSA) is 55.4 Å². The van der Waals surface area contributed by atoms with E-state index in [2.05, 4.69) is 20.7 Å². The molecule has 0 saturated heterocycles. The van der Waals surface area contributed by atoms with Gasteiger partial charge in [-0.2, -0.15) is 0 Å². The van der Waals surface area contributed by atoms with Crippen molar-refractivity contribution in [2.75, 3.05) is 11.8 Å². The Morgan fingerprint density at radius 3 is 2.57 bits per heavy atom. The Hall–Kier alpha value is -1.24. The number of anilines is 1. The molecule has 0 aliphatic rings. The van der Waals surface area contributed by atoms with E-state index >= 15 is 0 Å². The second-order valence-electron chi connectivity index (χ2n) is 4.39. The van der Waals surface area contributed by atoms with Crippen molar-refractivity contribution in [3.8, 4) is 5.75 Å². The van der Waals surface area contributed by atoms with Crippen LogP contribution in [-0.4, -0.2) is 15.5 Å². The first-order valence-corrected chi connectivity index (χ1v) is 8.61. The number of aryl methyl sites for hydroxylation is 1. The second kappa shape index (κ2) is 6.25. The van der Waals surface area contributed by atoms with Crippen LogP contribution < -0.4 is 9.46 Å². The zero-order valence-electron chi connectivity index (χ0n) is 11.4. The summed E-state index contributed by atoms with van der Waals surface area (Å²) in [6.07, 6.45) is 0. The third-order valence-corrected chi connectivity index (χ3v) is 4.93. The molecule has 0 unspecified atom stereocenters. The van der Waals surface area contributed by atoms with E-state index in [0.29, 0.717) is 15.2 Å². The van der Waals surface area contributed by atoms with Crippen LogP contribution in [0.5, 0.6) is 5.75 Å². The maximum absolute atomic E-state index is 12.5. The molecule has 0 heterocycles. The fraction of sp³-hybridized carbons (Fsp3) is 0.143. The number of nitrogens with one attached hydrogen (secondary N) is 1. The van der Waals surface area contributed by atoms with E-state index in [-0.39, 0.29) is 10.6 Å². The highest BCUT2D eigenvalue weighted by molar-refractivity contribution is 9.10. The number of methoxy groups -OCH3 is 1. The highest BCUT2D eigenvalue weighted by Crippen LogP contribution is 2.36. The molecular formula is C14H13BrClNO3S. The summed E-state index contributed by atoms with van der Waals surface area (Å²) in [5.74, 6) is 0.208. The van der Waals surface area contributed by atoms with E-state index in [1.54, 1.807) is 24.3 Å². The minimum absolute atomic E-state index is 0.0223. The Bertz CT molecular complexity index is 778. The van der Waals surface area contributed by atoms with Crippen molar-refractivity contribution in [1.82, 2.24) is 0 Å². The molecule has 112 valence electrons. The van der Waals surface area contributed by atoms with Gasteiger partial charge in [-0.3, -0.25) is 4.72 Å². The third kappa shape index (κ3) is 3.70. The van der Waals surface area contributed by atoms with Crippen molar-refractivity contribution in [2.24, 2.45) is 0 Å². The zero-order chi connectivity index (χ0) is 15.6. The molecule has 2 aromatic carbocycles. The summed E-state index contributed by atoms with van der Waals surface area (Å²) in [6, 6.07) is 10.0. The highest BCUT2D eigenvalue weighted by atomic mass is 79.9. The molecule has 21 heavy (non-hydrogen) atoms. The summed E-state index contributed by atoms with van der Waals surface area (Å²) in [5.41, 5.74) is 1.43. The monoisotopic (exact) mass is 389 g/mol. The lowest BCUT2D eigenvalue weighted by Gasteiger charge is -2.13. The van der Waals surface area contributed by atoms with Gasteiger partial charge in [0.1, 0.15) is 4.90 Å². The van der Waals surface area contributed by atoms with Gasteiger partial charge in [0.15, 0.2) is 5.75 Å². The molecule has 7 heteroatoms. The number of ether oxygens (including phenoxy) is 1. The van der Waals surface area contributed by atoms with Crippen LogP contribution in [0.3, 0.4) is 0 Å². The highest BCUT2D eigenvalue weighted by Gasteiger charge is 2.22. The Kier molecular flexibility index (Phi) is 4.81. The molecule has 2 rings (SSSR count). The van der Waals surface area contributed by atoms with Crippen LogP contribution in [0.4, 0.5) is 5.69 Å². The van der Waals surface area contributed by atoms with Gasteiger partial charge in [0, 0.05) is 10.7 Å². The Morgan fingerprint density at radius 2 is 1.95 bits per heavy atom. The summed E-state index contributed by atoms with van der Waals surface area (Å²) in [6.45, 7) is 1.88. The molecule has 0 aliphatic heterocycles. The molecular weight excluding hydrogens is 378 g/mol. The van der Waals surface area contributed by atoms with Crippen molar-refractivity contribution < 1.29 is 13.2 Å². The lowest BCUT2D eigenvalue weighted by molar-refractivity contribution is 0.400. The summed E-state index contributed by atoms with van der Waals surface area (Å²) in [7, 11) is -2.40. The average Bonchev–Trinajstić information content (AvgIpc) is 2.37. The lowest BCUT2D eigenvalue weighted by Crippen LogP contribution is -2.14. The van der Waals surface area contributed by atoms with Crippen LogP contribution in [0, 0.1) is 6.92 Å². The summed E-state index contributed by atoms with van der Waals surface area (Å²) in [4.78, 5) is -0.0223. The van der Waals surface area contributed by atoms with Gasteiger partial charge >= 0.3 is 0 Å². The van der Waals surface area contributed by atoms with E-state index in [9.17, 15) is 8.42 Å². The van der Waals surface area contributed by atoms with E-state index in [1.165, 1.54) is 13.2 Å². The quantitative estimate of drug-likeness (QED) is 0.850. The maximum Gasteiger partial charge on any atom is 0.265 e. The lowest BCUT2D eigenvalue weighted by atomic mass is 10.2. The Labute approximate surface area is 137 Å². The van der Waals surface area contributed by atoms with E-state index in [0.717, 1.165) is 5.56 Å². The molecule has 0 bridgehead atoms. The Balaban J connectivity index is 2.49. The molecule has 0 aliphatic carbocycles. The van der Waals surface area contributed by atoms with Gasteiger partial charge in [-0.25, -0.2) is 8.42 Å². The first-order valence-electron chi connectivity index (χ1n) is 5.96. The average molecular weight is 391 g/mol. The van der Waals surface area contributed by atoms with E-state index in [1.807, 2.05) is 13.0 Å². The summed E-state index contributed by atoms with van der Waals surface area (Å²) in [5, 5.41) is 0.298. The fourth-order valence-corrected chi connectivity index (χ4v) is 4.29. The van der Waals surface area contributed by atoms with Crippen molar-refractivity contribution >= 4 is 43.2 Å². The number of sulfonamides is 1. The van der Waals surface area contributed by atoms with Crippen LogP contribution in [0.15, 0.2) is 45.8 Å². The number of benzene rings is 2. The van der Waals surface area contributed by atoms with E-state index < -0.39 is 10.0 Å². The normalized spacial score (nSPS) is 11.2. The van der Waals surface area contributed by atoms with Crippen LogP contribution in [-0.2, 0) is 10.0 Å². The third-order valence-electron chi connectivity index (χ3n) is 2.74. The molecule has 4 nitrogen and oxygen atoms in total. The molecule has 0 aromatic heterocycles. The number of rotatable bonds is 4. The summed E-state index contributed by atoms with van der Waals surface area (Å²) >= 11 is 9.18. The van der Waals surface area contributed by atoms with Crippen LogP contribution in [0.25, 0.3) is 0 Å². The molecule has 0 amide bonds. The second-order valence-corrected chi connectivity index (χ2v) is 7.34. The molecule has 0 spiro atoms. The first kappa shape index (κ1) is 16.1. The molecule has 2 aromatic rings. The minimum Gasteiger partial charge on any atom is -0.494 e. The fourth-order valence-electron chi connectivity index (χ4n) is 1.85. The van der Waals surface area contributed by atoms with Crippen molar-refractivity contribution in [2.45, 2.75) is 11.8 Å². The van der Waals surface area contributed by atoms with Gasteiger partial charge in [0.25, 0.3) is 10.0 Å². The maximum atomic E-state index is 12.5. The molecule has 0 radical (unpaired) electrons. The van der Waals surface area contributed by atoms with Crippen molar-refractivity contribution in [1.29, 1.82) is 0 Å². The Morgan fingerprint density at radius 1 is 1.24 bits per heavy atom. The molecule has 1 N–H and O–H groups in total. The predicted octanol–water partition coefficient (Wildman–Crippen LogP) is 4.22. The van der Waals surface area contributed by atoms with Crippen molar-refractivity contribution in [3.63, 3.8) is 0 Å².